The number of nitrogens with one attached hydrogen (secondary N) is 1. The number of amides is 2. The molecule has 6 rings (SSSR count). The minimum absolute atomic E-state index is 0.179. The Bertz CT molecular complexity index is 1230. The first-order chi connectivity index (χ1) is 21.9. The van der Waals surface area contributed by atoms with Gasteiger partial charge in [0.15, 0.2) is 0 Å². The summed E-state index contributed by atoms with van der Waals surface area (Å²) >= 11 is 6.21. The number of nitrogens with zero attached hydrogens (tertiary/aromatic N) is 6. The third-order valence-corrected chi connectivity index (χ3v) is 11.8. The van der Waals surface area contributed by atoms with Gasteiger partial charge in [0.05, 0.1) is 6.04 Å². The number of benzene rings is 1. The molecule has 0 radical (unpaired) electrons. The van der Waals surface area contributed by atoms with Gasteiger partial charge in [-0.2, -0.15) is 5.10 Å². The zero-order valence-corrected chi connectivity index (χ0v) is 27.8. The average Bonchev–Trinajstić information content (AvgIpc) is 3.59. The Morgan fingerprint density at radius 3 is 2.22 bits per heavy atom. The molecule has 2 saturated carbocycles. The largest absolute Gasteiger partial charge is 0.341 e. The van der Waals surface area contributed by atoms with Gasteiger partial charge in [0.1, 0.15) is 12.7 Å². The monoisotopic (exact) mass is 637 g/mol. The Kier molecular flexibility index (Phi) is 10.8. The first-order valence-corrected chi connectivity index (χ1v) is 17.9. The van der Waals surface area contributed by atoms with Gasteiger partial charge in [-0.1, -0.05) is 43.0 Å². The van der Waals surface area contributed by atoms with E-state index in [1.807, 2.05) is 28.0 Å². The van der Waals surface area contributed by atoms with Gasteiger partial charge in [-0.3, -0.25) is 19.2 Å². The van der Waals surface area contributed by atoms with E-state index in [2.05, 4.69) is 37.3 Å². The second-order valence-electron chi connectivity index (χ2n) is 14.2. The normalized spacial score (nSPS) is 25.6. The molecule has 9 nitrogen and oxygen atoms in total. The number of piperazine rings is 1. The highest BCUT2D eigenvalue weighted by Crippen LogP contribution is 2.47. The molecule has 45 heavy (non-hydrogen) atoms. The number of hydrogen-bond donors (Lipinski definition) is 1. The minimum atomic E-state index is -0.246. The standard InChI is InChI=1S/C35H52ClN7O2/c1-27(44)40-19-21-41(22-20-40)32-13-11-31(12-14-32)39-33(23-28-7-9-30(36)10-8-28)34(45)42-17-15-35(16-18-42,24-43-26-37-25-38-43)29-5-3-2-4-6-29/h7-10,25-26,29,31-33,39H,2-6,11-24H2,1H3/t31?,32?,33-/m1/s1. The van der Waals surface area contributed by atoms with Crippen molar-refractivity contribution in [3.8, 4) is 0 Å². The van der Waals surface area contributed by atoms with Crippen LogP contribution in [0.3, 0.4) is 0 Å². The van der Waals surface area contributed by atoms with E-state index < -0.39 is 0 Å². The van der Waals surface area contributed by atoms with Crippen molar-refractivity contribution in [2.45, 2.75) is 109 Å². The number of carbonyl (C=O) groups excluding carboxylic acids is 2. The van der Waals surface area contributed by atoms with Gasteiger partial charge in [-0.25, -0.2) is 4.98 Å². The second-order valence-corrected chi connectivity index (χ2v) is 14.6. The van der Waals surface area contributed by atoms with Crippen molar-refractivity contribution in [2.24, 2.45) is 11.3 Å². The van der Waals surface area contributed by atoms with E-state index in [4.69, 9.17) is 11.6 Å². The molecule has 1 N–H and O–H groups in total. The van der Waals surface area contributed by atoms with E-state index in [1.165, 1.54) is 32.1 Å². The molecule has 0 bridgehead atoms. The van der Waals surface area contributed by atoms with Crippen molar-refractivity contribution >= 4 is 23.4 Å². The van der Waals surface area contributed by atoms with E-state index in [-0.39, 0.29) is 23.3 Å². The molecule has 3 heterocycles. The Hall–Kier alpha value is -2.49. The van der Waals surface area contributed by atoms with E-state index in [1.54, 1.807) is 13.3 Å². The van der Waals surface area contributed by atoms with E-state index in [0.717, 1.165) is 94.9 Å². The van der Waals surface area contributed by atoms with Crippen LogP contribution in [0.4, 0.5) is 0 Å². The summed E-state index contributed by atoms with van der Waals surface area (Å²) in [6.07, 6.45) is 17.2. The van der Waals surface area contributed by atoms with Crippen LogP contribution in [-0.4, -0.2) is 98.7 Å². The molecule has 2 aliphatic carbocycles. The van der Waals surface area contributed by atoms with Gasteiger partial charge in [0, 0.05) is 69.8 Å². The molecule has 1 aromatic heterocycles. The number of carbonyl (C=O) groups is 2. The summed E-state index contributed by atoms with van der Waals surface area (Å²) < 4.78 is 2.02. The first-order valence-electron chi connectivity index (χ1n) is 17.5. The number of rotatable bonds is 9. The zero-order chi connectivity index (χ0) is 31.2. The summed E-state index contributed by atoms with van der Waals surface area (Å²) in [5.41, 5.74) is 1.32. The molecule has 4 fully saturated rings. The maximum atomic E-state index is 14.3. The highest BCUT2D eigenvalue weighted by Gasteiger charge is 2.44. The summed E-state index contributed by atoms with van der Waals surface area (Å²) in [4.78, 5) is 37.0. The molecular formula is C35H52ClN7O2. The predicted molar refractivity (Wildman–Crippen MR) is 177 cm³/mol. The van der Waals surface area contributed by atoms with Crippen LogP contribution in [0.15, 0.2) is 36.9 Å². The number of aromatic nitrogens is 3. The molecular weight excluding hydrogens is 586 g/mol. The number of likely N-dealkylation sites (tertiary alicyclic amines) is 1. The minimum Gasteiger partial charge on any atom is -0.341 e. The summed E-state index contributed by atoms with van der Waals surface area (Å²) in [6, 6.07) is 8.64. The summed E-state index contributed by atoms with van der Waals surface area (Å²) in [6.45, 7) is 7.79. The maximum Gasteiger partial charge on any atom is 0.240 e. The lowest BCUT2D eigenvalue weighted by Crippen LogP contribution is -2.56. The van der Waals surface area contributed by atoms with Crippen LogP contribution in [0.5, 0.6) is 0 Å². The predicted octanol–water partition coefficient (Wildman–Crippen LogP) is 4.80. The van der Waals surface area contributed by atoms with Gasteiger partial charge in [0.25, 0.3) is 0 Å². The molecule has 10 heteroatoms. The van der Waals surface area contributed by atoms with Crippen LogP contribution in [-0.2, 0) is 22.6 Å². The van der Waals surface area contributed by atoms with Gasteiger partial charge in [-0.15, -0.1) is 0 Å². The van der Waals surface area contributed by atoms with Crippen LogP contribution in [0.2, 0.25) is 5.02 Å². The molecule has 246 valence electrons. The van der Waals surface area contributed by atoms with Crippen molar-refractivity contribution in [2.75, 3.05) is 39.3 Å². The van der Waals surface area contributed by atoms with E-state index >= 15 is 0 Å². The fourth-order valence-corrected chi connectivity index (χ4v) is 8.93. The average molecular weight is 638 g/mol. The molecule has 2 aliphatic heterocycles. The van der Waals surface area contributed by atoms with Crippen molar-refractivity contribution in [1.29, 1.82) is 0 Å². The Morgan fingerprint density at radius 1 is 0.911 bits per heavy atom. The van der Waals surface area contributed by atoms with Gasteiger partial charge in [0.2, 0.25) is 11.8 Å². The van der Waals surface area contributed by atoms with Gasteiger partial charge >= 0.3 is 0 Å². The fraction of sp³-hybridized carbons (Fsp3) is 0.714. The van der Waals surface area contributed by atoms with Crippen molar-refractivity contribution in [3.63, 3.8) is 0 Å². The third-order valence-electron chi connectivity index (χ3n) is 11.5. The Morgan fingerprint density at radius 2 is 1.60 bits per heavy atom. The van der Waals surface area contributed by atoms with E-state index in [9.17, 15) is 9.59 Å². The number of piperidine rings is 1. The molecule has 2 aromatic rings. The molecule has 4 aliphatic rings. The quantitative estimate of drug-likeness (QED) is 0.425. The lowest BCUT2D eigenvalue weighted by molar-refractivity contribution is -0.137. The van der Waals surface area contributed by atoms with Gasteiger partial charge < -0.3 is 15.1 Å². The molecule has 0 spiro atoms. The molecule has 1 atom stereocenters. The smallest absolute Gasteiger partial charge is 0.240 e. The molecule has 2 saturated heterocycles. The second kappa shape index (κ2) is 14.9. The lowest BCUT2D eigenvalue weighted by Gasteiger charge is -2.48. The summed E-state index contributed by atoms with van der Waals surface area (Å²) in [7, 11) is 0. The molecule has 1 aromatic carbocycles. The Labute approximate surface area is 274 Å². The Balaban J connectivity index is 1.09. The van der Waals surface area contributed by atoms with Crippen molar-refractivity contribution in [3.05, 3.63) is 47.5 Å². The highest BCUT2D eigenvalue weighted by molar-refractivity contribution is 6.30. The highest BCUT2D eigenvalue weighted by atomic mass is 35.5. The van der Waals surface area contributed by atoms with Gasteiger partial charge in [-0.05, 0) is 86.8 Å². The van der Waals surface area contributed by atoms with Crippen LogP contribution in [0, 0.1) is 11.3 Å². The topological polar surface area (TPSA) is 86.6 Å². The fourth-order valence-electron chi connectivity index (χ4n) is 8.81. The van der Waals surface area contributed by atoms with Crippen LogP contribution >= 0.6 is 11.6 Å². The molecule has 2 amide bonds. The van der Waals surface area contributed by atoms with E-state index in [0.29, 0.717) is 24.4 Å². The summed E-state index contributed by atoms with van der Waals surface area (Å²) in [5.74, 6) is 1.12. The number of hydrogen-bond acceptors (Lipinski definition) is 6. The molecule has 0 unspecified atom stereocenters. The zero-order valence-electron chi connectivity index (χ0n) is 27.1. The maximum absolute atomic E-state index is 14.3. The first kappa shape index (κ1) is 32.5. The van der Waals surface area contributed by atoms with Crippen LogP contribution in [0.1, 0.15) is 83.1 Å². The van der Waals surface area contributed by atoms with Crippen LogP contribution < -0.4 is 5.32 Å². The number of halogens is 1. The summed E-state index contributed by atoms with van der Waals surface area (Å²) in [5, 5.41) is 9.07. The third kappa shape index (κ3) is 8.09. The lowest BCUT2D eigenvalue weighted by atomic mass is 9.63. The van der Waals surface area contributed by atoms with Crippen LogP contribution in [0.25, 0.3) is 0 Å². The van der Waals surface area contributed by atoms with Crippen molar-refractivity contribution in [1.82, 2.24) is 34.8 Å². The SMILES string of the molecule is CC(=O)N1CCN(C2CCC(N[C@H](Cc3ccc(Cl)cc3)C(=O)N3CCC(Cn4cncn4)(C4CCCCC4)CC3)CC2)CC1. The van der Waals surface area contributed by atoms with Crippen molar-refractivity contribution < 1.29 is 9.59 Å².